The van der Waals surface area contributed by atoms with Crippen LogP contribution in [0.2, 0.25) is 0 Å². The molecule has 2 saturated heterocycles. The number of likely N-dealkylation sites (tertiary alicyclic amines) is 1. The van der Waals surface area contributed by atoms with Gasteiger partial charge in [-0.15, -0.1) is 0 Å². The Balaban J connectivity index is 1.35. The van der Waals surface area contributed by atoms with Gasteiger partial charge < -0.3 is 19.7 Å². The second kappa shape index (κ2) is 9.84. The summed E-state index contributed by atoms with van der Waals surface area (Å²) < 4.78 is 11.8. The maximum atomic E-state index is 13.1. The van der Waals surface area contributed by atoms with Crippen molar-refractivity contribution >= 4 is 33.9 Å². The van der Waals surface area contributed by atoms with Gasteiger partial charge in [-0.25, -0.2) is 0 Å². The lowest BCUT2D eigenvalue weighted by atomic mass is 10.1. The first-order chi connectivity index (χ1) is 17.2. The molecule has 0 bridgehead atoms. The number of rotatable bonds is 6. The van der Waals surface area contributed by atoms with Gasteiger partial charge in [-0.05, 0) is 56.1 Å². The van der Waals surface area contributed by atoms with Crippen molar-refractivity contribution in [3.63, 3.8) is 0 Å². The van der Waals surface area contributed by atoms with Crippen LogP contribution in [0.3, 0.4) is 0 Å². The monoisotopic (exact) mass is 472 g/mol. The summed E-state index contributed by atoms with van der Waals surface area (Å²) in [6.45, 7) is 4.56. The summed E-state index contributed by atoms with van der Waals surface area (Å²) >= 11 is 0. The first kappa shape index (κ1) is 22.3. The lowest BCUT2D eigenvalue weighted by Gasteiger charge is -2.26. The number of ether oxygens (including phenoxy) is 2. The van der Waals surface area contributed by atoms with Crippen LogP contribution in [0.15, 0.2) is 48.7 Å². The van der Waals surface area contributed by atoms with E-state index in [2.05, 4.69) is 50.4 Å². The predicted octanol–water partition coefficient (Wildman–Crippen LogP) is 4.52. The third kappa shape index (κ3) is 4.70. The van der Waals surface area contributed by atoms with Gasteiger partial charge in [-0.2, -0.15) is 0 Å². The molecule has 2 aromatic carbocycles. The van der Waals surface area contributed by atoms with Crippen molar-refractivity contribution in [1.29, 1.82) is 0 Å². The van der Waals surface area contributed by atoms with Crippen LogP contribution in [-0.2, 0) is 16.0 Å². The zero-order valence-electron chi connectivity index (χ0n) is 20.0. The van der Waals surface area contributed by atoms with Crippen LogP contribution in [0.1, 0.15) is 31.2 Å². The number of hydrogen-bond donors (Lipinski definition) is 1. The summed E-state index contributed by atoms with van der Waals surface area (Å²) in [6, 6.07) is 14.6. The molecule has 0 aliphatic carbocycles. The van der Waals surface area contributed by atoms with Gasteiger partial charge in [0.05, 0.1) is 36.6 Å². The molecule has 0 radical (unpaired) electrons. The van der Waals surface area contributed by atoms with E-state index in [9.17, 15) is 4.79 Å². The number of para-hydroxylation sites is 1. The van der Waals surface area contributed by atoms with E-state index in [0.717, 1.165) is 61.9 Å². The number of nitrogens with zero attached hydrogens (tertiary/aromatic N) is 3. The van der Waals surface area contributed by atoms with Crippen molar-refractivity contribution in [2.24, 2.45) is 0 Å². The summed E-state index contributed by atoms with van der Waals surface area (Å²) in [5.41, 5.74) is 5.25. The van der Waals surface area contributed by atoms with Crippen LogP contribution in [-0.4, -0.2) is 61.3 Å². The van der Waals surface area contributed by atoms with E-state index >= 15 is 0 Å². The van der Waals surface area contributed by atoms with Gasteiger partial charge in [0.1, 0.15) is 11.9 Å². The Kier molecular flexibility index (Phi) is 6.27. The number of hydrogen-bond acceptors (Lipinski definition) is 6. The smallest absolute Gasteiger partial charge is 0.238 e. The summed E-state index contributed by atoms with van der Waals surface area (Å²) in [6.07, 6.45) is 7.27. The molecule has 1 aromatic heterocycles. The number of anilines is 3. The standard InChI is InChI=1S/C28H32N4O3/c33-28(18-31-12-4-1-5-13-31)30-24-16-22-23(17-27(24)35-21-10-15-34-19-21)29-11-8-26(22)32-14-9-20-6-2-3-7-25(20)32/h2-3,6-8,11,16-17,21H,1,4-5,9-10,12-15,18-19H2,(H,30,33). The Hall–Kier alpha value is -3.16. The van der Waals surface area contributed by atoms with Gasteiger partial charge in [0, 0.05) is 36.3 Å². The van der Waals surface area contributed by atoms with Crippen LogP contribution >= 0.6 is 0 Å². The van der Waals surface area contributed by atoms with E-state index in [4.69, 9.17) is 9.47 Å². The fourth-order valence-electron chi connectivity index (χ4n) is 5.47. The lowest BCUT2D eigenvalue weighted by Crippen LogP contribution is -2.36. The van der Waals surface area contributed by atoms with Crippen LogP contribution in [0.25, 0.3) is 10.9 Å². The van der Waals surface area contributed by atoms with Gasteiger partial charge >= 0.3 is 0 Å². The van der Waals surface area contributed by atoms with Crippen molar-refractivity contribution in [3.05, 3.63) is 54.2 Å². The van der Waals surface area contributed by atoms with E-state index in [1.165, 1.54) is 17.7 Å². The summed E-state index contributed by atoms with van der Waals surface area (Å²) in [5, 5.41) is 4.18. The minimum atomic E-state index is -0.0150. The minimum Gasteiger partial charge on any atom is -0.486 e. The SMILES string of the molecule is O=C(CN1CCCCC1)Nc1cc2c(N3CCc4ccccc43)ccnc2cc1OC1CCOC1. The van der Waals surface area contributed by atoms with Crippen molar-refractivity contribution in [2.75, 3.05) is 49.6 Å². The van der Waals surface area contributed by atoms with Crippen molar-refractivity contribution < 1.29 is 14.3 Å². The van der Waals surface area contributed by atoms with Crippen molar-refractivity contribution in [3.8, 4) is 5.75 Å². The van der Waals surface area contributed by atoms with E-state index in [-0.39, 0.29) is 12.0 Å². The van der Waals surface area contributed by atoms with E-state index in [1.54, 1.807) is 0 Å². The third-order valence-electron chi connectivity index (χ3n) is 7.27. The van der Waals surface area contributed by atoms with Gasteiger partial charge in [0.25, 0.3) is 0 Å². The fourth-order valence-corrected chi connectivity index (χ4v) is 5.47. The highest BCUT2D eigenvalue weighted by atomic mass is 16.5. The number of carbonyl (C=O) groups excluding carboxylic acids is 1. The number of piperidine rings is 1. The molecule has 1 N–H and O–H groups in total. The minimum absolute atomic E-state index is 0.00395. The number of pyridine rings is 1. The average Bonchev–Trinajstić information content (AvgIpc) is 3.55. The molecular weight excluding hydrogens is 440 g/mol. The zero-order valence-corrected chi connectivity index (χ0v) is 20.0. The first-order valence-electron chi connectivity index (χ1n) is 12.8. The average molecular weight is 473 g/mol. The molecule has 3 aliphatic heterocycles. The zero-order chi connectivity index (χ0) is 23.6. The van der Waals surface area contributed by atoms with Crippen molar-refractivity contribution in [2.45, 2.75) is 38.2 Å². The quantitative estimate of drug-likeness (QED) is 0.569. The van der Waals surface area contributed by atoms with Crippen LogP contribution < -0.4 is 15.0 Å². The molecule has 7 nitrogen and oxygen atoms in total. The molecule has 6 rings (SSSR count). The molecule has 0 spiro atoms. The molecule has 182 valence electrons. The topological polar surface area (TPSA) is 66.9 Å². The number of aromatic nitrogens is 1. The van der Waals surface area contributed by atoms with Gasteiger partial charge in [-0.1, -0.05) is 24.6 Å². The Morgan fingerprint density at radius 3 is 2.83 bits per heavy atom. The third-order valence-corrected chi connectivity index (χ3v) is 7.27. The fraction of sp³-hybridized carbons (Fsp3) is 0.429. The van der Waals surface area contributed by atoms with E-state index in [0.29, 0.717) is 31.2 Å². The van der Waals surface area contributed by atoms with Gasteiger partial charge in [-0.3, -0.25) is 14.7 Å². The highest BCUT2D eigenvalue weighted by Gasteiger charge is 2.24. The largest absolute Gasteiger partial charge is 0.486 e. The molecule has 1 atom stereocenters. The number of amides is 1. The summed E-state index contributed by atoms with van der Waals surface area (Å²) in [5.74, 6) is 0.655. The Labute approximate surface area is 206 Å². The lowest BCUT2D eigenvalue weighted by molar-refractivity contribution is -0.117. The number of nitrogens with one attached hydrogen (secondary N) is 1. The number of fused-ring (bicyclic) bond motifs is 2. The molecule has 7 heteroatoms. The highest BCUT2D eigenvalue weighted by Crippen LogP contribution is 2.40. The maximum Gasteiger partial charge on any atom is 0.238 e. The predicted molar refractivity (Wildman–Crippen MR) is 138 cm³/mol. The number of carbonyl (C=O) groups is 1. The van der Waals surface area contributed by atoms with Crippen molar-refractivity contribution in [1.82, 2.24) is 9.88 Å². The molecule has 35 heavy (non-hydrogen) atoms. The molecular formula is C28H32N4O3. The Morgan fingerprint density at radius 2 is 1.97 bits per heavy atom. The molecule has 3 aromatic rings. The van der Waals surface area contributed by atoms with E-state index in [1.807, 2.05) is 18.3 Å². The maximum absolute atomic E-state index is 13.1. The van der Waals surface area contributed by atoms with Crippen LogP contribution in [0.5, 0.6) is 5.75 Å². The first-order valence-corrected chi connectivity index (χ1v) is 12.8. The van der Waals surface area contributed by atoms with Gasteiger partial charge in [0.15, 0.2) is 0 Å². The molecule has 0 saturated carbocycles. The Morgan fingerprint density at radius 1 is 1.09 bits per heavy atom. The van der Waals surface area contributed by atoms with E-state index < -0.39 is 0 Å². The normalized spacial score (nSPS) is 20.2. The number of benzene rings is 2. The molecule has 1 amide bonds. The summed E-state index contributed by atoms with van der Waals surface area (Å²) in [7, 11) is 0. The molecule has 1 unspecified atom stereocenters. The Bertz CT molecular complexity index is 1220. The summed E-state index contributed by atoms with van der Waals surface area (Å²) in [4.78, 5) is 22.3. The molecule has 4 heterocycles. The van der Waals surface area contributed by atoms with Crippen LogP contribution in [0, 0.1) is 0 Å². The molecule has 3 aliphatic rings. The van der Waals surface area contributed by atoms with Gasteiger partial charge in [0.2, 0.25) is 5.91 Å². The molecule has 2 fully saturated rings. The second-order valence-electron chi connectivity index (χ2n) is 9.71. The second-order valence-corrected chi connectivity index (χ2v) is 9.71. The highest BCUT2D eigenvalue weighted by molar-refractivity contribution is 6.01. The van der Waals surface area contributed by atoms with Crippen LogP contribution in [0.4, 0.5) is 17.1 Å².